The van der Waals surface area contributed by atoms with Crippen molar-refractivity contribution >= 4 is 11.6 Å². The lowest BCUT2D eigenvalue weighted by molar-refractivity contribution is 0.144. The molecule has 3 rings (SSSR count). The Labute approximate surface area is 123 Å². The predicted molar refractivity (Wildman–Crippen MR) is 77.5 cm³/mol. The summed E-state index contributed by atoms with van der Waals surface area (Å²) in [5.74, 6) is 1.41. The van der Waals surface area contributed by atoms with E-state index in [0.717, 1.165) is 30.7 Å². The number of likely N-dealkylation sites (tertiary alicyclic amines) is 1. The number of benzene rings is 1. The van der Waals surface area contributed by atoms with Crippen molar-refractivity contribution in [1.82, 2.24) is 9.88 Å². The standard InChI is InChI=1S/C15H17ClN2O2/c16-12-4-1-3-11(7-12)14-8-17-15(20-14)9-18-6-2-5-13(18)10-19/h1,3-4,7-8,13,19H,2,5-6,9-10H2. The molecule has 1 aliphatic heterocycles. The molecule has 0 amide bonds. The lowest BCUT2D eigenvalue weighted by atomic mass is 10.2. The summed E-state index contributed by atoms with van der Waals surface area (Å²) >= 11 is 5.98. The Morgan fingerprint density at radius 2 is 2.35 bits per heavy atom. The third-order valence-corrected chi connectivity index (χ3v) is 3.95. The molecule has 20 heavy (non-hydrogen) atoms. The summed E-state index contributed by atoms with van der Waals surface area (Å²) in [6.07, 6.45) is 3.89. The molecule has 1 N–H and O–H groups in total. The van der Waals surface area contributed by atoms with E-state index < -0.39 is 0 Å². The zero-order valence-electron chi connectivity index (χ0n) is 11.1. The van der Waals surface area contributed by atoms with Gasteiger partial charge in [0.2, 0.25) is 5.89 Å². The van der Waals surface area contributed by atoms with Gasteiger partial charge in [0.1, 0.15) is 0 Å². The van der Waals surface area contributed by atoms with E-state index >= 15 is 0 Å². The minimum Gasteiger partial charge on any atom is -0.439 e. The highest BCUT2D eigenvalue weighted by atomic mass is 35.5. The zero-order chi connectivity index (χ0) is 13.9. The van der Waals surface area contributed by atoms with Crippen LogP contribution in [0.3, 0.4) is 0 Å². The van der Waals surface area contributed by atoms with E-state index in [1.54, 1.807) is 6.20 Å². The maximum atomic E-state index is 9.32. The molecule has 5 heteroatoms. The van der Waals surface area contributed by atoms with Crippen LogP contribution in [0.5, 0.6) is 0 Å². The smallest absolute Gasteiger partial charge is 0.209 e. The topological polar surface area (TPSA) is 49.5 Å². The van der Waals surface area contributed by atoms with Gasteiger partial charge in [-0.05, 0) is 31.5 Å². The second-order valence-corrected chi connectivity index (χ2v) is 5.51. The van der Waals surface area contributed by atoms with E-state index in [4.69, 9.17) is 16.0 Å². The van der Waals surface area contributed by atoms with Crippen molar-refractivity contribution < 1.29 is 9.52 Å². The van der Waals surface area contributed by atoms with E-state index in [-0.39, 0.29) is 12.6 Å². The molecular formula is C15H17ClN2O2. The fourth-order valence-corrected chi connectivity index (χ4v) is 2.83. The fourth-order valence-electron chi connectivity index (χ4n) is 2.64. The number of halogens is 1. The molecule has 1 unspecified atom stereocenters. The van der Waals surface area contributed by atoms with Crippen LogP contribution in [0.4, 0.5) is 0 Å². The lowest BCUT2D eigenvalue weighted by Gasteiger charge is -2.20. The van der Waals surface area contributed by atoms with E-state index in [2.05, 4.69) is 9.88 Å². The highest BCUT2D eigenvalue weighted by Gasteiger charge is 2.25. The zero-order valence-corrected chi connectivity index (χ0v) is 11.9. The van der Waals surface area contributed by atoms with Gasteiger partial charge in [-0.2, -0.15) is 0 Å². The summed E-state index contributed by atoms with van der Waals surface area (Å²) in [4.78, 5) is 6.54. The van der Waals surface area contributed by atoms with Crippen molar-refractivity contribution in [3.8, 4) is 11.3 Å². The second kappa shape index (κ2) is 5.95. The van der Waals surface area contributed by atoms with Gasteiger partial charge in [0.15, 0.2) is 5.76 Å². The Morgan fingerprint density at radius 3 is 3.15 bits per heavy atom. The summed E-state index contributed by atoms with van der Waals surface area (Å²) in [5.41, 5.74) is 0.927. The third-order valence-electron chi connectivity index (χ3n) is 3.71. The van der Waals surface area contributed by atoms with Crippen molar-refractivity contribution in [2.24, 2.45) is 0 Å². The van der Waals surface area contributed by atoms with Gasteiger partial charge in [-0.25, -0.2) is 4.98 Å². The molecule has 4 nitrogen and oxygen atoms in total. The molecule has 0 radical (unpaired) electrons. The van der Waals surface area contributed by atoms with Crippen molar-refractivity contribution in [3.63, 3.8) is 0 Å². The summed E-state index contributed by atoms with van der Waals surface area (Å²) in [6, 6.07) is 7.76. The molecule has 1 aromatic heterocycles. The summed E-state index contributed by atoms with van der Waals surface area (Å²) in [7, 11) is 0. The van der Waals surface area contributed by atoms with Crippen LogP contribution in [-0.4, -0.2) is 34.2 Å². The summed E-state index contributed by atoms with van der Waals surface area (Å²) in [6.45, 7) is 1.83. The number of rotatable bonds is 4. The first kappa shape index (κ1) is 13.6. The minimum absolute atomic E-state index is 0.196. The summed E-state index contributed by atoms with van der Waals surface area (Å²) in [5, 5.41) is 10.0. The fraction of sp³-hybridized carbons (Fsp3) is 0.400. The second-order valence-electron chi connectivity index (χ2n) is 5.08. The van der Waals surface area contributed by atoms with Crippen LogP contribution in [0, 0.1) is 0 Å². The molecule has 1 saturated heterocycles. The number of aliphatic hydroxyl groups excluding tert-OH is 1. The normalized spacial score (nSPS) is 19.6. The van der Waals surface area contributed by atoms with E-state index in [0.29, 0.717) is 17.5 Å². The SMILES string of the molecule is OCC1CCCN1Cc1ncc(-c2cccc(Cl)c2)o1. The Balaban J connectivity index is 1.74. The molecule has 2 heterocycles. The molecule has 1 fully saturated rings. The predicted octanol–water partition coefficient (Wildman–Crippen LogP) is 2.95. The van der Waals surface area contributed by atoms with Crippen LogP contribution < -0.4 is 0 Å². The number of oxazole rings is 1. The van der Waals surface area contributed by atoms with Crippen LogP contribution in [0.15, 0.2) is 34.9 Å². The maximum Gasteiger partial charge on any atom is 0.209 e. The highest BCUT2D eigenvalue weighted by molar-refractivity contribution is 6.30. The van der Waals surface area contributed by atoms with Gasteiger partial charge >= 0.3 is 0 Å². The molecule has 0 spiro atoms. The minimum atomic E-state index is 0.196. The number of nitrogens with zero attached hydrogens (tertiary/aromatic N) is 2. The highest BCUT2D eigenvalue weighted by Crippen LogP contribution is 2.25. The maximum absolute atomic E-state index is 9.32. The van der Waals surface area contributed by atoms with Gasteiger partial charge in [-0.3, -0.25) is 4.90 Å². The van der Waals surface area contributed by atoms with Crippen LogP contribution >= 0.6 is 11.6 Å². The van der Waals surface area contributed by atoms with Gasteiger partial charge in [-0.1, -0.05) is 23.7 Å². The van der Waals surface area contributed by atoms with Crippen molar-refractivity contribution in [2.45, 2.75) is 25.4 Å². The summed E-state index contributed by atoms with van der Waals surface area (Å²) < 4.78 is 5.79. The molecular weight excluding hydrogens is 276 g/mol. The Hall–Kier alpha value is -1.36. The molecule has 1 aromatic carbocycles. The van der Waals surface area contributed by atoms with Gasteiger partial charge < -0.3 is 9.52 Å². The van der Waals surface area contributed by atoms with Gasteiger partial charge in [-0.15, -0.1) is 0 Å². The van der Waals surface area contributed by atoms with Crippen LogP contribution in [0.25, 0.3) is 11.3 Å². The first-order valence-electron chi connectivity index (χ1n) is 6.82. The van der Waals surface area contributed by atoms with E-state index in [1.807, 2.05) is 24.3 Å². The van der Waals surface area contributed by atoms with E-state index in [1.165, 1.54) is 0 Å². The largest absolute Gasteiger partial charge is 0.439 e. The van der Waals surface area contributed by atoms with E-state index in [9.17, 15) is 5.11 Å². The number of hydrogen-bond donors (Lipinski definition) is 1. The molecule has 0 saturated carbocycles. The monoisotopic (exact) mass is 292 g/mol. The Kier molecular flexibility index (Phi) is 4.05. The molecule has 0 bridgehead atoms. The average Bonchev–Trinajstić information content (AvgIpc) is 3.08. The van der Waals surface area contributed by atoms with Gasteiger partial charge in [0.25, 0.3) is 0 Å². The van der Waals surface area contributed by atoms with Gasteiger partial charge in [0, 0.05) is 16.6 Å². The van der Waals surface area contributed by atoms with Crippen molar-refractivity contribution in [2.75, 3.05) is 13.2 Å². The molecule has 2 aromatic rings. The quantitative estimate of drug-likeness (QED) is 0.941. The molecule has 1 atom stereocenters. The third kappa shape index (κ3) is 2.87. The van der Waals surface area contributed by atoms with Crippen molar-refractivity contribution in [3.05, 3.63) is 41.4 Å². The Bertz CT molecular complexity index is 585. The van der Waals surface area contributed by atoms with Crippen LogP contribution in [-0.2, 0) is 6.54 Å². The Morgan fingerprint density at radius 1 is 1.45 bits per heavy atom. The average molecular weight is 293 g/mol. The van der Waals surface area contributed by atoms with Crippen LogP contribution in [0.2, 0.25) is 5.02 Å². The lowest BCUT2D eigenvalue weighted by Crippen LogP contribution is -2.31. The number of aliphatic hydroxyl groups is 1. The van der Waals surface area contributed by atoms with Crippen molar-refractivity contribution in [1.29, 1.82) is 0 Å². The molecule has 106 valence electrons. The number of aromatic nitrogens is 1. The first-order valence-corrected chi connectivity index (χ1v) is 7.19. The van der Waals surface area contributed by atoms with Crippen LogP contribution in [0.1, 0.15) is 18.7 Å². The molecule has 1 aliphatic rings. The first-order chi connectivity index (χ1) is 9.76. The molecule has 0 aliphatic carbocycles. The van der Waals surface area contributed by atoms with Gasteiger partial charge in [0.05, 0.1) is 19.3 Å². The number of hydrogen-bond acceptors (Lipinski definition) is 4.